The fourth-order valence-corrected chi connectivity index (χ4v) is 3.60. The Balaban J connectivity index is 1.52. The molecule has 0 bridgehead atoms. The minimum atomic E-state index is -0.625. The van der Waals surface area contributed by atoms with E-state index in [1.54, 1.807) is 23.1 Å². The Labute approximate surface area is 188 Å². The second-order valence-corrected chi connectivity index (χ2v) is 7.72. The van der Waals surface area contributed by atoms with E-state index in [2.05, 4.69) is 20.3 Å². The normalized spacial score (nSPS) is 14.2. The average molecular weight is 452 g/mol. The van der Waals surface area contributed by atoms with E-state index in [0.717, 1.165) is 17.8 Å². The first kappa shape index (κ1) is 22.1. The van der Waals surface area contributed by atoms with E-state index in [0.29, 0.717) is 41.3 Å². The summed E-state index contributed by atoms with van der Waals surface area (Å²) in [6.45, 7) is 2.91. The molecule has 3 N–H and O–H groups in total. The predicted molar refractivity (Wildman–Crippen MR) is 121 cm³/mol. The van der Waals surface area contributed by atoms with Crippen molar-refractivity contribution in [3.63, 3.8) is 0 Å². The van der Waals surface area contributed by atoms with Gasteiger partial charge in [-0.05, 0) is 49.5 Å². The molecular weight excluding hydrogens is 428 g/mol. The molecule has 0 atom stereocenters. The number of aromatic nitrogens is 3. The minimum absolute atomic E-state index is 0.100. The zero-order chi connectivity index (χ0) is 23.5. The van der Waals surface area contributed by atoms with Gasteiger partial charge in [0.2, 0.25) is 0 Å². The molecule has 172 valence electrons. The van der Waals surface area contributed by atoms with Crippen molar-refractivity contribution in [2.45, 2.75) is 0 Å². The van der Waals surface area contributed by atoms with E-state index < -0.39 is 17.3 Å². The van der Waals surface area contributed by atoms with Crippen LogP contribution in [0.3, 0.4) is 0 Å². The van der Waals surface area contributed by atoms with Crippen LogP contribution in [-0.2, 0) is 0 Å². The smallest absolute Gasteiger partial charge is 0.349 e. The van der Waals surface area contributed by atoms with Gasteiger partial charge in [-0.15, -0.1) is 0 Å². The summed E-state index contributed by atoms with van der Waals surface area (Å²) in [5.74, 6) is -0.0955. The maximum atomic E-state index is 12.9. The lowest BCUT2D eigenvalue weighted by atomic mass is 10.1. The highest BCUT2D eigenvalue weighted by molar-refractivity contribution is 6.06. The summed E-state index contributed by atoms with van der Waals surface area (Å²) >= 11 is 0. The highest BCUT2D eigenvalue weighted by Crippen LogP contribution is 2.27. The van der Waals surface area contributed by atoms with Crippen LogP contribution in [0.25, 0.3) is 5.69 Å². The summed E-state index contributed by atoms with van der Waals surface area (Å²) in [5, 5.41) is 5.13. The van der Waals surface area contributed by atoms with Crippen molar-refractivity contribution in [3.05, 3.63) is 74.6 Å². The fourth-order valence-electron chi connectivity index (χ4n) is 3.60. The van der Waals surface area contributed by atoms with Crippen molar-refractivity contribution in [3.8, 4) is 11.4 Å². The number of carbonyl (C=O) groups excluding carboxylic acids is 2. The minimum Gasteiger partial charge on any atom is -0.495 e. The summed E-state index contributed by atoms with van der Waals surface area (Å²) in [4.78, 5) is 54.8. The lowest BCUT2D eigenvalue weighted by molar-refractivity contribution is 0.0664. The standard InChI is InChI=1S/C22H24N6O5/c1-26-9-11-27(12-10-26)20(30)15-5-8-18(33-2)17(13-15)23-19(29)14-3-6-16(7-4-14)28-22(32)24-21(31)25-28/h3-8,13H,9-12H2,1-2H3,(H,23,29)(H2,24,25,31,32). The molecule has 0 radical (unpaired) electrons. The van der Waals surface area contributed by atoms with Crippen LogP contribution in [0.1, 0.15) is 20.7 Å². The molecule has 11 nitrogen and oxygen atoms in total. The lowest BCUT2D eigenvalue weighted by Crippen LogP contribution is -2.47. The molecular formula is C22H24N6O5. The predicted octanol–water partition coefficient (Wildman–Crippen LogP) is 0.502. The Morgan fingerprint density at radius 1 is 0.970 bits per heavy atom. The zero-order valence-corrected chi connectivity index (χ0v) is 18.3. The molecule has 1 saturated heterocycles. The van der Waals surface area contributed by atoms with Gasteiger partial charge in [-0.25, -0.2) is 19.4 Å². The number of piperazine rings is 1. The molecule has 2 aromatic carbocycles. The van der Waals surface area contributed by atoms with Crippen molar-refractivity contribution in [1.29, 1.82) is 0 Å². The highest BCUT2D eigenvalue weighted by Gasteiger charge is 2.22. The van der Waals surface area contributed by atoms with Crippen LogP contribution >= 0.6 is 0 Å². The van der Waals surface area contributed by atoms with E-state index in [-0.39, 0.29) is 5.91 Å². The molecule has 0 aliphatic carbocycles. The van der Waals surface area contributed by atoms with Crippen LogP contribution in [0, 0.1) is 0 Å². The van der Waals surface area contributed by atoms with Gasteiger partial charge in [-0.2, -0.15) is 0 Å². The Morgan fingerprint density at radius 3 is 2.24 bits per heavy atom. The Kier molecular flexibility index (Phi) is 6.13. The van der Waals surface area contributed by atoms with Crippen LogP contribution in [0.15, 0.2) is 52.1 Å². The molecule has 1 aliphatic heterocycles. The molecule has 0 saturated carbocycles. The maximum Gasteiger partial charge on any atom is 0.349 e. The third-order valence-corrected chi connectivity index (χ3v) is 5.51. The van der Waals surface area contributed by atoms with E-state index >= 15 is 0 Å². The molecule has 3 aromatic rings. The summed E-state index contributed by atoms with van der Waals surface area (Å²) in [6, 6.07) is 11.0. The number of amides is 2. The fraction of sp³-hybridized carbons (Fsp3) is 0.273. The number of anilines is 1. The number of nitrogens with zero attached hydrogens (tertiary/aromatic N) is 3. The van der Waals surface area contributed by atoms with Crippen LogP contribution < -0.4 is 21.4 Å². The monoisotopic (exact) mass is 452 g/mol. The van der Waals surface area contributed by atoms with Crippen molar-refractivity contribution in [2.24, 2.45) is 0 Å². The number of carbonyl (C=O) groups is 2. The maximum absolute atomic E-state index is 12.9. The number of aromatic amines is 2. The number of rotatable bonds is 5. The Bertz CT molecular complexity index is 1280. The first-order chi connectivity index (χ1) is 15.9. The molecule has 1 fully saturated rings. The number of H-pyrrole nitrogens is 2. The van der Waals surface area contributed by atoms with Crippen molar-refractivity contribution >= 4 is 17.5 Å². The molecule has 11 heteroatoms. The van der Waals surface area contributed by atoms with Gasteiger partial charge in [0.25, 0.3) is 11.8 Å². The SMILES string of the molecule is COc1ccc(C(=O)N2CCN(C)CC2)cc1NC(=O)c1ccc(-n2[nH]c(=O)[nH]c2=O)cc1. The van der Waals surface area contributed by atoms with Crippen LogP contribution in [0.5, 0.6) is 5.75 Å². The molecule has 1 aromatic heterocycles. The number of hydrogen-bond acceptors (Lipinski definition) is 6. The Hall–Kier alpha value is -4.12. The van der Waals surface area contributed by atoms with Crippen LogP contribution in [0.4, 0.5) is 5.69 Å². The van der Waals surface area contributed by atoms with Crippen LogP contribution in [0.2, 0.25) is 0 Å². The molecule has 33 heavy (non-hydrogen) atoms. The van der Waals surface area contributed by atoms with Gasteiger partial charge in [-0.3, -0.25) is 14.6 Å². The highest BCUT2D eigenvalue weighted by atomic mass is 16.5. The average Bonchev–Trinajstić information content (AvgIpc) is 3.17. The van der Waals surface area contributed by atoms with Gasteiger partial charge in [-0.1, -0.05) is 0 Å². The molecule has 1 aliphatic rings. The van der Waals surface area contributed by atoms with Crippen molar-refractivity contribution < 1.29 is 14.3 Å². The Morgan fingerprint density at radius 2 is 1.64 bits per heavy atom. The van der Waals surface area contributed by atoms with E-state index in [1.165, 1.54) is 31.4 Å². The number of methoxy groups -OCH3 is 1. The number of ether oxygens (including phenoxy) is 1. The molecule has 0 unspecified atom stereocenters. The lowest BCUT2D eigenvalue weighted by Gasteiger charge is -2.32. The van der Waals surface area contributed by atoms with Gasteiger partial charge < -0.3 is 19.9 Å². The summed E-state index contributed by atoms with van der Waals surface area (Å²) in [7, 11) is 3.50. The summed E-state index contributed by atoms with van der Waals surface area (Å²) in [6.07, 6.45) is 0. The number of benzene rings is 2. The molecule has 0 spiro atoms. The van der Waals surface area contributed by atoms with Crippen LogP contribution in [-0.4, -0.2) is 76.7 Å². The third kappa shape index (κ3) is 4.72. The summed E-state index contributed by atoms with van der Waals surface area (Å²) < 4.78 is 6.39. The number of hydrogen-bond donors (Lipinski definition) is 3. The van der Waals surface area contributed by atoms with Crippen molar-refractivity contribution in [2.75, 3.05) is 45.7 Å². The van der Waals surface area contributed by atoms with Gasteiger partial charge in [0.15, 0.2) is 0 Å². The van der Waals surface area contributed by atoms with E-state index in [9.17, 15) is 19.2 Å². The largest absolute Gasteiger partial charge is 0.495 e. The van der Waals surface area contributed by atoms with E-state index in [4.69, 9.17) is 4.74 Å². The van der Waals surface area contributed by atoms with Crippen molar-refractivity contribution in [1.82, 2.24) is 24.6 Å². The van der Waals surface area contributed by atoms with Gasteiger partial charge in [0, 0.05) is 37.3 Å². The first-order valence-electron chi connectivity index (χ1n) is 10.3. The summed E-state index contributed by atoms with van der Waals surface area (Å²) in [5.41, 5.74) is 0.318. The third-order valence-electron chi connectivity index (χ3n) is 5.51. The number of likely N-dealkylation sites (N-methyl/N-ethyl adjacent to an activating group) is 1. The molecule has 2 heterocycles. The topological polar surface area (TPSA) is 133 Å². The second kappa shape index (κ2) is 9.17. The first-order valence-corrected chi connectivity index (χ1v) is 10.3. The van der Waals surface area contributed by atoms with Gasteiger partial charge in [0.05, 0.1) is 18.5 Å². The molecule has 4 rings (SSSR count). The van der Waals surface area contributed by atoms with E-state index in [1.807, 2.05) is 7.05 Å². The van der Waals surface area contributed by atoms with Gasteiger partial charge >= 0.3 is 11.4 Å². The molecule has 2 amide bonds. The zero-order valence-electron chi connectivity index (χ0n) is 18.3. The quantitative estimate of drug-likeness (QED) is 0.517. The van der Waals surface area contributed by atoms with Gasteiger partial charge in [0.1, 0.15) is 5.75 Å². The number of nitrogens with one attached hydrogen (secondary N) is 3. The second-order valence-electron chi connectivity index (χ2n) is 7.72.